The molecule has 0 spiro atoms. The number of aryl methyl sites for hydroxylation is 1. The molecule has 0 aliphatic rings. The summed E-state index contributed by atoms with van der Waals surface area (Å²) in [6.07, 6.45) is 0.0776. The largest absolute Gasteiger partial charge is 0.511 e. The topological polar surface area (TPSA) is 66.8 Å². The van der Waals surface area contributed by atoms with Gasteiger partial charge in [-0.2, -0.15) is 0 Å². The maximum atomic E-state index is 10.9. The Morgan fingerprint density at radius 2 is 1.91 bits per heavy atom. The fourth-order valence-corrected chi connectivity index (χ4v) is 2.68. The second kappa shape index (κ2) is 6.98. The zero-order chi connectivity index (χ0) is 16.1. The van der Waals surface area contributed by atoms with Gasteiger partial charge >= 0.3 is 6.16 Å². The summed E-state index contributed by atoms with van der Waals surface area (Å²) in [5, 5.41) is 18.9. The maximum absolute atomic E-state index is 10.9. The van der Waals surface area contributed by atoms with E-state index in [0.717, 1.165) is 23.1 Å². The van der Waals surface area contributed by atoms with Crippen molar-refractivity contribution in [2.75, 3.05) is 0 Å². The molecule has 22 heavy (non-hydrogen) atoms. The summed E-state index contributed by atoms with van der Waals surface area (Å²) in [5.41, 5.74) is 2.78. The maximum Gasteiger partial charge on any atom is 0.511 e. The van der Waals surface area contributed by atoms with Crippen LogP contribution in [0.15, 0.2) is 42.5 Å². The third-order valence-electron chi connectivity index (χ3n) is 3.79. The van der Waals surface area contributed by atoms with Crippen LogP contribution < -0.4 is 4.74 Å². The molecule has 1 unspecified atom stereocenters. The Morgan fingerprint density at radius 3 is 2.55 bits per heavy atom. The smallest absolute Gasteiger partial charge is 0.508 e. The molecule has 116 valence electrons. The van der Waals surface area contributed by atoms with Gasteiger partial charge in [-0.1, -0.05) is 44.2 Å². The van der Waals surface area contributed by atoms with E-state index in [-0.39, 0.29) is 11.7 Å². The molecule has 0 aromatic heterocycles. The molecule has 0 saturated heterocycles. The molecule has 0 fully saturated rings. The molecule has 2 aromatic carbocycles. The van der Waals surface area contributed by atoms with Crippen LogP contribution >= 0.6 is 0 Å². The second-order valence-corrected chi connectivity index (χ2v) is 5.28. The average Bonchev–Trinajstić information content (AvgIpc) is 2.48. The van der Waals surface area contributed by atoms with E-state index in [1.807, 2.05) is 32.0 Å². The van der Waals surface area contributed by atoms with Crippen LogP contribution in [0.5, 0.6) is 11.5 Å². The van der Waals surface area contributed by atoms with Gasteiger partial charge in [0.05, 0.1) is 0 Å². The minimum Gasteiger partial charge on any atom is -0.508 e. The van der Waals surface area contributed by atoms with Crippen molar-refractivity contribution >= 4 is 6.16 Å². The van der Waals surface area contributed by atoms with Gasteiger partial charge in [0.15, 0.2) is 0 Å². The highest BCUT2D eigenvalue weighted by Gasteiger charge is 2.17. The molecule has 0 aliphatic heterocycles. The number of phenolic OH excluding ortho intramolecular Hbond substituents is 1. The molecule has 1 atom stereocenters. The van der Waals surface area contributed by atoms with Crippen molar-refractivity contribution in [1.29, 1.82) is 0 Å². The zero-order valence-electron chi connectivity index (χ0n) is 12.7. The molecule has 4 heteroatoms. The Bertz CT molecular complexity index is 664. The van der Waals surface area contributed by atoms with E-state index in [4.69, 9.17) is 9.84 Å². The summed E-state index contributed by atoms with van der Waals surface area (Å²) in [4.78, 5) is 10.9. The number of benzene rings is 2. The fraction of sp³-hybridized carbons (Fsp3) is 0.278. The van der Waals surface area contributed by atoms with Gasteiger partial charge in [0.2, 0.25) is 0 Å². The minimum absolute atomic E-state index is 0.0463. The Hall–Kier alpha value is -2.49. The minimum atomic E-state index is -1.32. The monoisotopic (exact) mass is 300 g/mol. The summed E-state index contributed by atoms with van der Waals surface area (Å²) in [5.74, 6) is 0.670. The standard InChI is InChI=1S/C18H20O4/c1-3-13-7-6-10-17(22-18(20)21)15(13)11-12(2)14-8-4-5-9-16(14)19/h4-10,12,19H,3,11H2,1-2H3,(H,20,21). The van der Waals surface area contributed by atoms with E-state index in [9.17, 15) is 9.90 Å². The van der Waals surface area contributed by atoms with Crippen LogP contribution in [-0.4, -0.2) is 16.4 Å². The van der Waals surface area contributed by atoms with Crippen molar-refractivity contribution in [3.63, 3.8) is 0 Å². The molecule has 0 amide bonds. The van der Waals surface area contributed by atoms with Crippen molar-refractivity contribution in [3.8, 4) is 11.5 Å². The van der Waals surface area contributed by atoms with Crippen LogP contribution in [0.4, 0.5) is 4.79 Å². The number of ether oxygens (including phenoxy) is 1. The van der Waals surface area contributed by atoms with Gasteiger partial charge in [-0.15, -0.1) is 0 Å². The van der Waals surface area contributed by atoms with Crippen molar-refractivity contribution in [2.24, 2.45) is 0 Å². The van der Waals surface area contributed by atoms with Crippen LogP contribution in [0.25, 0.3) is 0 Å². The lowest BCUT2D eigenvalue weighted by Crippen LogP contribution is -2.09. The lowest BCUT2D eigenvalue weighted by atomic mass is 9.89. The summed E-state index contributed by atoms with van der Waals surface area (Å²) >= 11 is 0. The van der Waals surface area contributed by atoms with Gasteiger partial charge in [0.1, 0.15) is 11.5 Å². The van der Waals surface area contributed by atoms with Gasteiger partial charge in [-0.3, -0.25) is 0 Å². The van der Waals surface area contributed by atoms with Crippen LogP contribution in [0.2, 0.25) is 0 Å². The van der Waals surface area contributed by atoms with E-state index in [1.54, 1.807) is 24.3 Å². The molecular formula is C18H20O4. The predicted molar refractivity (Wildman–Crippen MR) is 84.7 cm³/mol. The highest BCUT2D eigenvalue weighted by Crippen LogP contribution is 2.32. The quantitative estimate of drug-likeness (QED) is 0.636. The zero-order valence-corrected chi connectivity index (χ0v) is 12.7. The van der Waals surface area contributed by atoms with Gasteiger partial charge < -0.3 is 14.9 Å². The first-order valence-corrected chi connectivity index (χ1v) is 7.32. The van der Waals surface area contributed by atoms with E-state index in [2.05, 4.69) is 0 Å². The van der Waals surface area contributed by atoms with E-state index >= 15 is 0 Å². The van der Waals surface area contributed by atoms with Crippen molar-refractivity contribution in [3.05, 3.63) is 59.2 Å². The Kier molecular flexibility index (Phi) is 5.04. The second-order valence-electron chi connectivity index (χ2n) is 5.28. The Balaban J connectivity index is 2.35. The molecule has 0 heterocycles. The lowest BCUT2D eigenvalue weighted by Gasteiger charge is -2.18. The predicted octanol–water partition coefficient (Wildman–Crippen LogP) is 4.36. The molecule has 0 saturated carbocycles. The highest BCUT2D eigenvalue weighted by atomic mass is 16.7. The van der Waals surface area contributed by atoms with Gasteiger partial charge in [-0.25, -0.2) is 4.79 Å². The van der Waals surface area contributed by atoms with E-state index in [1.165, 1.54) is 0 Å². The molecule has 2 aromatic rings. The number of carbonyl (C=O) groups is 1. The third-order valence-corrected chi connectivity index (χ3v) is 3.79. The van der Waals surface area contributed by atoms with Crippen LogP contribution in [0, 0.1) is 0 Å². The number of para-hydroxylation sites is 1. The number of hydrogen-bond donors (Lipinski definition) is 2. The summed E-state index contributed by atoms with van der Waals surface area (Å²) in [7, 11) is 0. The number of hydrogen-bond acceptors (Lipinski definition) is 3. The first kappa shape index (κ1) is 15.9. The third kappa shape index (κ3) is 3.58. The molecule has 0 radical (unpaired) electrons. The number of phenols is 1. The van der Waals surface area contributed by atoms with Gasteiger partial charge in [0.25, 0.3) is 0 Å². The Morgan fingerprint density at radius 1 is 1.18 bits per heavy atom. The lowest BCUT2D eigenvalue weighted by molar-refractivity contribution is 0.144. The average molecular weight is 300 g/mol. The van der Waals surface area contributed by atoms with Crippen molar-refractivity contribution in [2.45, 2.75) is 32.6 Å². The molecule has 0 bridgehead atoms. The number of carboxylic acid groups (broad SMARTS) is 1. The van der Waals surface area contributed by atoms with Gasteiger partial charge in [-0.05, 0) is 47.6 Å². The molecule has 2 N–H and O–H groups in total. The molecule has 0 aliphatic carbocycles. The van der Waals surface area contributed by atoms with Crippen molar-refractivity contribution < 1.29 is 19.7 Å². The molecule has 2 rings (SSSR count). The highest BCUT2D eigenvalue weighted by molar-refractivity contribution is 5.62. The van der Waals surface area contributed by atoms with Crippen LogP contribution in [0.1, 0.15) is 36.5 Å². The summed E-state index contributed by atoms with van der Waals surface area (Å²) < 4.78 is 4.91. The van der Waals surface area contributed by atoms with E-state index < -0.39 is 6.16 Å². The summed E-state index contributed by atoms with van der Waals surface area (Å²) in [6, 6.07) is 12.6. The fourth-order valence-electron chi connectivity index (χ4n) is 2.68. The van der Waals surface area contributed by atoms with Crippen LogP contribution in [0.3, 0.4) is 0 Å². The first-order valence-electron chi connectivity index (χ1n) is 7.32. The molecular weight excluding hydrogens is 280 g/mol. The number of aromatic hydroxyl groups is 1. The SMILES string of the molecule is CCc1cccc(OC(=O)O)c1CC(C)c1ccccc1O. The van der Waals surface area contributed by atoms with Crippen molar-refractivity contribution in [1.82, 2.24) is 0 Å². The van der Waals surface area contributed by atoms with Crippen LogP contribution in [-0.2, 0) is 12.8 Å². The molecule has 4 nitrogen and oxygen atoms in total. The van der Waals surface area contributed by atoms with Gasteiger partial charge in [0, 0.05) is 0 Å². The first-order chi connectivity index (χ1) is 10.5. The Labute approximate surface area is 130 Å². The normalized spacial score (nSPS) is 11.9. The van der Waals surface area contributed by atoms with E-state index in [0.29, 0.717) is 12.2 Å². The summed E-state index contributed by atoms with van der Waals surface area (Å²) in [6.45, 7) is 4.03. The number of rotatable bonds is 5.